The molecule has 74 valence electrons. The predicted molar refractivity (Wildman–Crippen MR) is 49.7 cm³/mol. The number of para-hydroxylation sites is 1. The Bertz CT molecular complexity index is 386. The van der Waals surface area contributed by atoms with Crippen molar-refractivity contribution in [1.29, 1.82) is 0 Å². The van der Waals surface area contributed by atoms with E-state index in [2.05, 4.69) is 0 Å². The van der Waals surface area contributed by atoms with E-state index in [0.717, 1.165) is 0 Å². The van der Waals surface area contributed by atoms with Crippen molar-refractivity contribution in [3.05, 3.63) is 33.9 Å². The maximum atomic E-state index is 11.1. The Morgan fingerprint density at radius 1 is 1.50 bits per heavy atom. The topological polar surface area (TPSA) is 69.4 Å². The van der Waals surface area contributed by atoms with Gasteiger partial charge < -0.3 is 4.74 Å². The molecule has 14 heavy (non-hydrogen) atoms. The highest BCUT2D eigenvalue weighted by Gasteiger charge is 2.22. The number of carbonyl (C=O) groups is 1. The summed E-state index contributed by atoms with van der Waals surface area (Å²) in [5.41, 5.74) is -0.211. The summed E-state index contributed by atoms with van der Waals surface area (Å²) in [4.78, 5) is 21.1. The average Bonchev–Trinajstić information content (AvgIpc) is 2.16. The molecule has 0 heterocycles. The minimum absolute atomic E-state index is 0.0642. The second kappa shape index (κ2) is 3.87. The average molecular weight is 195 g/mol. The molecule has 0 spiro atoms. The fourth-order valence-electron chi connectivity index (χ4n) is 1.16. The van der Waals surface area contributed by atoms with Gasteiger partial charge in [-0.15, -0.1) is 0 Å². The van der Waals surface area contributed by atoms with Crippen LogP contribution in [0.2, 0.25) is 0 Å². The molecular weight excluding hydrogens is 186 g/mol. The second-order valence-electron chi connectivity index (χ2n) is 2.67. The van der Waals surface area contributed by atoms with E-state index in [-0.39, 0.29) is 22.8 Å². The van der Waals surface area contributed by atoms with Crippen molar-refractivity contribution < 1.29 is 14.5 Å². The molecular formula is C9H9NO4. The molecule has 0 aliphatic rings. The van der Waals surface area contributed by atoms with Gasteiger partial charge in [-0.05, 0) is 19.1 Å². The maximum Gasteiger partial charge on any atom is 0.321 e. The minimum atomic E-state index is -0.616. The van der Waals surface area contributed by atoms with Crippen molar-refractivity contribution in [3.8, 4) is 5.75 Å². The van der Waals surface area contributed by atoms with Crippen LogP contribution in [0, 0.1) is 10.1 Å². The van der Waals surface area contributed by atoms with Crippen LogP contribution in [0.1, 0.15) is 17.3 Å². The normalized spacial score (nSPS) is 9.57. The zero-order chi connectivity index (χ0) is 10.7. The number of hydrogen-bond acceptors (Lipinski definition) is 4. The van der Waals surface area contributed by atoms with Crippen molar-refractivity contribution in [1.82, 2.24) is 0 Å². The number of rotatable bonds is 3. The number of methoxy groups -OCH3 is 1. The van der Waals surface area contributed by atoms with Crippen LogP contribution in [-0.4, -0.2) is 17.8 Å². The van der Waals surface area contributed by atoms with E-state index in [1.54, 1.807) is 6.07 Å². The van der Waals surface area contributed by atoms with Crippen molar-refractivity contribution in [2.75, 3.05) is 7.11 Å². The number of nitro benzene ring substituents is 1. The Balaban J connectivity index is 3.43. The summed E-state index contributed by atoms with van der Waals surface area (Å²) < 4.78 is 4.80. The number of nitro groups is 1. The highest BCUT2D eigenvalue weighted by Crippen LogP contribution is 2.30. The first-order chi connectivity index (χ1) is 6.57. The van der Waals surface area contributed by atoms with Crippen LogP contribution in [0.4, 0.5) is 5.69 Å². The molecule has 5 heteroatoms. The summed E-state index contributed by atoms with van der Waals surface area (Å²) in [6.07, 6.45) is 0. The van der Waals surface area contributed by atoms with Gasteiger partial charge in [0.25, 0.3) is 0 Å². The lowest BCUT2D eigenvalue weighted by Crippen LogP contribution is -2.02. The van der Waals surface area contributed by atoms with Crippen LogP contribution in [-0.2, 0) is 0 Å². The third-order valence-corrected chi connectivity index (χ3v) is 1.78. The Morgan fingerprint density at radius 3 is 2.57 bits per heavy atom. The van der Waals surface area contributed by atoms with Gasteiger partial charge in [0.15, 0.2) is 11.5 Å². The molecule has 0 aromatic heterocycles. The van der Waals surface area contributed by atoms with Crippen LogP contribution in [0.5, 0.6) is 5.75 Å². The fraction of sp³-hybridized carbons (Fsp3) is 0.222. The molecule has 0 aliphatic carbocycles. The van der Waals surface area contributed by atoms with E-state index in [0.29, 0.717) is 0 Å². The Labute approximate surface area is 80.5 Å². The maximum absolute atomic E-state index is 11.1. The van der Waals surface area contributed by atoms with E-state index >= 15 is 0 Å². The molecule has 5 nitrogen and oxygen atoms in total. The minimum Gasteiger partial charge on any atom is -0.490 e. The second-order valence-corrected chi connectivity index (χ2v) is 2.67. The molecule has 0 saturated carbocycles. The number of carbonyl (C=O) groups excluding carboxylic acids is 1. The van der Waals surface area contributed by atoms with Crippen molar-refractivity contribution in [2.24, 2.45) is 0 Å². The molecule has 0 saturated heterocycles. The quantitative estimate of drug-likeness (QED) is 0.419. The molecule has 0 radical (unpaired) electrons. The van der Waals surface area contributed by atoms with E-state index in [4.69, 9.17) is 4.74 Å². The summed E-state index contributed by atoms with van der Waals surface area (Å²) >= 11 is 0. The third-order valence-electron chi connectivity index (χ3n) is 1.78. The van der Waals surface area contributed by atoms with E-state index in [9.17, 15) is 14.9 Å². The summed E-state index contributed by atoms with van der Waals surface area (Å²) in [5, 5.41) is 10.7. The first-order valence-corrected chi connectivity index (χ1v) is 3.90. The van der Waals surface area contributed by atoms with Gasteiger partial charge in [0, 0.05) is 0 Å². The van der Waals surface area contributed by atoms with Crippen LogP contribution < -0.4 is 4.74 Å². The molecule has 0 amide bonds. The first-order valence-electron chi connectivity index (χ1n) is 3.90. The predicted octanol–water partition coefficient (Wildman–Crippen LogP) is 1.81. The van der Waals surface area contributed by atoms with Crippen molar-refractivity contribution in [2.45, 2.75) is 6.92 Å². The van der Waals surface area contributed by atoms with Crippen LogP contribution in [0.25, 0.3) is 0 Å². The molecule has 0 atom stereocenters. The lowest BCUT2D eigenvalue weighted by molar-refractivity contribution is -0.386. The van der Waals surface area contributed by atoms with Crippen LogP contribution in [0.15, 0.2) is 18.2 Å². The molecule has 0 bridgehead atoms. The largest absolute Gasteiger partial charge is 0.490 e. The van der Waals surface area contributed by atoms with Crippen molar-refractivity contribution >= 4 is 11.5 Å². The molecule has 0 fully saturated rings. The standard InChI is InChI=1S/C9H9NO4/c1-6(11)7-4-3-5-8(14-2)9(7)10(12)13/h3-5H,1-2H3. The Morgan fingerprint density at radius 2 is 2.14 bits per heavy atom. The van der Waals surface area contributed by atoms with E-state index < -0.39 is 4.92 Å². The van der Waals surface area contributed by atoms with Gasteiger partial charge in [0.1, 0.15) is 0 Å². The van der Waals surface area contributed by atoms with Crippen LogP contribution >= 0.6 is 0 Å². The third kappa shape index (κ3) is 1.71. The van der Waals surface area contributed by atoms with E-state index in [1.165, 1.54) is 26.2 Å². The van der Waals surface area contributed by atoms with Crippen molar-refractivity contribution in [3.63, 3.8) is 0 Å². The van der Waals surface area contributed by atoms with Gasteiger partial charge in [-0.3, -0.25) is 14.9 Å². The van der Waals surface area contributed by atoms with Gasteiger partial charge in [-0.2, -0.15) is 0 Å². The molecule has 0 unspecified atom stereocenters. The van der Waals surface area contributed by atoms with Gasteiger partial charge in [-0.1, -0.05) is 6.07 Å². The highest BCUT2D eigenvalue weighted by atomic mass is 16.6. The molecule has 1 aromatic carbocycles. The zero-order valence-electron chi connectivity index (χ0n) is 7.81. The van der Waals surface area contributed by atoms with Gasteiger partial charge in [0.2, 0.25) is 0 Å². The lowest BCUT2D eigenvalue weighted by atomic mass is 10.1. The molecule has 1 rings (SSSR count). The van der Waals surface area contributed by atoms with Gasteiger partial charge in [-0.25, -0.2) is 0 Å². The monoisotopic (exact) mass is 195 g/mol. The van der Waals surface area contributed by atoms with Crippen LogP contribution in [0.3, 0.4) is 0 Å². The summed E-state index contributed by atoms with van der Waals surface area (Å²) in [5.74, 6) is -0.252. The van der Waals surface area contributed by atoms with Gasteiger partial charge >= 0.3 is 5.69 Å². The number of benzene rings is 1. The van der Waals surface area contributed by atoms with Gasteiger partial charge in [0.05, 0.1) is 17.6 Å². The number of ether oxygens (including phenoxy) is 1. The summed E-state index contributed by atoms with van der Waals surface area (Å²) in [6.45, 7) is 1.28. The molecule has 1 aromatic rings. The fourth-order valence-corrected chi connectivity index (χ4v) is 1.16. The highest BCUT2D eigenvalue weighted by molar-refractivity contribution is 5.99. The smallest absolute Gasteiger partial charge is 0.321 e. The van der Waals surface area contributed by atoms with E-state index in [1.807, 2.05) is 0 Å². The number of ketones is 1. The number of nitrogens with zero attached hydrogens (tertiary/aromatic N) is 1. The Kier molecular flexibility index (Phi) is 2.81. The lowest BCUT2D eigenvalue weighted by Gasteiger charge is -2.03. The number of hydrogen-bond donors (Lipinski definition) is 0. The SMILES string of the molecule is COc1cccc(C(C)=O)c1[N+](=O)[O-]. The zero-order valence-corrected chi connectivity index (χ0v) is 7.81. The Hall–Kier alpha value is -1.91. The number of Topliss-reactive ketones (excluding diaryl/α,β-unsaturated/α-hetero) is 1. The molecule has 0 N–H and O–H groups in total. The molecule has 0 aliphatic heterocycles. The summed E-state index contributed by atoms with van der Waals surface area (Å²) in [7, 11) is 1.33. The summed E-state index contributed by atoms with van der Waals surface area (Å²) in [6, 6.07) is 4.40. The first kappa shape index (κ1) is 10.2.